The van der Waals surface area contributed by atoms with Crippen molar-refractivity contribution < 1.29 is 9.13 Å². The molecule has 0 aliphatic carbocycles. The molecule has 1 N–H and O–H groups in total. The average Bonchev–Trinajstić information content (AvgIpc) is 2.78. The highest BCUT2D eigenvalue weighted by molar-refractivity contribution is 5.46. The molecule has 0 amide bonds. The lowest BCUT2D eigenvalue weighted by atomic mass is 10.2. The summed E-state index contributed by atoms with van der Waals surface area (Å²) in [4.78, 5) is 0. The van der Waals surface area contributed by atoms with Crippen molar-refractivity contribution in [3.8, 4) is 5.75 Å². The largest absolute Gasteiger partial charge is 0.497 e. The summed E-state index contributed by atoms with van der Waals surface area (Å²) in [5, 5.41) is 7.53. The van der Waals surface area contributed by atoms with E-state index in [0.29, 0.717) is 13.1 Å². The standard InChI is InChI=1S/C14H18FN3O/c1-11-14(10-18(17-11)8-7-15)16-9-12-3-5-13(19-2)6-4-12/h3-6,10,16H,7-9H2,1-2H3. The van der Waals surface area contributed by atoms with Crippen LogP contribution >= 0.6 is 0 Å². The van der Waals surface area contributed by atoms with Gasteiger partial charge in [-0.3, -0.25) is 4.68 Å². The van der Waals surface area contributed by atoms with Crippen LogP contribution in [0.4, 0.5) is 10.1 Å². The summed E-state index contributed by atoms with van der Waals surface area (Å²) < 4.78 is 19.0. The molecule has 1 heterocycles. The Labute approximate surface area is 112 Å². The lowest BCUT2D eigenvalue weighted by Crippen LogP contribution is -2.00. The Hall–Kier alpha value is -2.04. The van der Waals surface area contributed by atoms with E-state index in [1.807, 2.05) is 37.4 Å². The number of aryl methyl sites for hydroxylation is 2. The van der Waals surface area contributed by atoms with Crippen molar-refractivity contribution in [2.45, 2.75) is 20.0 Å². The number of nitrogens with zero attached hydrogens (tertiary/aromatic N) is 2. The number of benzene rings is 1. The van der Waals surface area contributed by atoms with Crippen molar-refractivity contribution in [3.63, 3.8) is 0 Å². The minimum absolute atomic E-state index is 0.297. The van der Waals surface area contributed by atoms with Crippen LogP contribution in [0, 0.1) is 6.92 Å². The van der Waals surface area contributed by atoms with Gasteiger partial charge >= 0.3 is 0 Å². The fourth-order valence-corrected chi connectivity index (χ4v) is 1.83. The molecule has 2 aromatic rings. The number of ether oxygens (including phenoxy) is 1. The van der Waals surface area contributed by atoms with Crippen molar-refractivity contribution in [2.75, 3.05) is 19.1 Å². The van der Waals surface area contributed by atoms with Gasteiger partial charge in [-0.15, -0.1) is 0 Å². The van der Waals surface area contributed by atoms with Crippen LogP contribution in [-0.2, 0) is 13.1 Å². The molecule has 0 saturated carbocycles. The topological polar surface area (TPSA) is 39.1 Å². The first-order valence-corrected chi connectivity index (χ1v) is 6.19. The van der Waals surface area contributed by atoms with E-state index in [-0.39, 0.29) is 0 Å². The quantitative estimate of drug-likeness (QED) is 0.871. The van der Waals surface area contributed by atoms with E-state index in [4.69, 9.17) is 4.74 Å². The number of alkyl halides is 1. The maximum absolute atomic E-state index is 12.2. The minimum Gasteiger partial charge on any atom is -0.497 e. The molecule has 0 unspecified atom stereocenters. The zero-order valence-corrected chi connectivity index (χ0v) is 11.2. The zero-order chi connectivity index (χ0) is 13.7. The SMILES string of the molecule is COc1ccc(CNc2cn(CCF)nc2C)cc1. The molecule has 0 fully saturated rings. The highest BCUT2D eigenvalue weighted by Crippen LogP contribution is 2.16. The van der Waals surface area contributed by atoms with Crippen LogP contribution in [-0.4, -0.2) is 23.6 Å². The summed E-state index contributed by atoms with van der Waals surface area (Å²) in [6.07, 6.45) is 1.83. The molecule has 0 bridgehead atoms. The number of hydrogen-bond donors (Lipinski definition) is 1. The van der Waals surface area contributed by atoms with E-state index in [0.717, 1.165) is 22.7 Å². The molecule has 102 valence electrons. The number of methoxy groups -OCH3 is 1. The molecule has 4 nitrogen and oxygen atoms in total. The van der Waals surface area contributed by atoms with Crippen molar-refractivity contribution in [1.29, 1.82) is 0 Å². The lowest BCUT2D eigenvalue weighted by molar-refractivity contribution is 0.414. The van der Waals surface area contributed by atoms with E-state index >= 15 is 0 Å². The minimum atomic E-state index is -0.404. The second-order valence-corrected chi connectivity index (χ2v) is 4.28. The molecule has 0 aliphatic rings. The van der Waals surface area contributed by atoms with Crippen LogP contribution in [0.15, 0.2) is 30.5 Å². The van der Waals surface area contributed by atoms with Crippen molar-refractivity contribution in [3.05, 3.63) is 41.7 Å². The molecule has 0 saturated heterocycles. The van der Waals surface area contributed by atoms with Gasteiger partial charge in [0, 0.05) is 12.7 Å². The van der Waals surface area contributed by atoms with Crippen LogP contribution in [0.2, 0.25) is 0 Å². The summed E-state index contributed by atoms with van der Waals surface area (Å²) in [6.45, 7) is 2.50. The number of anilines is 1. The van der Waals surface area contributed by atoms with Crippen molar-refractivity contribution >= 4 is 5.69 Å². The Kier molecular flexibility index (Phi) is 4.39. The van der Waals surface area contributed by atoms with Gasteiger partial charge in [0.05, 0.1) is 25.0 Å². The summed E-state index contributed by atoms with van der Waals surface area (Å²) in [5.74, 6) is 0.843. The first-order chi connectivity index (χ1) is 9.22. The Balaban J connectivity index is 1.97. The smallest absolute Gasteiger partial charge is 0.118 e. The van der Waals surface area contributed by atoms with E-state index in [2.05, 4.69) is 10.4 Å². The van der Waals surface area contributed by atoms with Gasteiger partial charge in [0.15, 0.2) is 0 Å². The van der Waals surface area contributed by atoms with Gasteiger partial charge in [-0.25, -0.2) is 4.39 Å². The third kappa shape index (κ3) is 3.47. The molecule has 5 heteroatoms. The predicted octanol–water partition coefficient (Wildman–Crippen LogP) is 2.78. The Morgan fingerprint density at radius 1 is 1.32 bits per heavy atom. The first kappa shape index (κ1) is 13.4. The number of nitrogens with one attached hydrogen (secondary N) is 1. The third-order valence-electron chi connectivity index (χ3n) is 2.90. The molecule has 0 spiro atoms. The Bertz CT molecular complexity index is 522. The fourth-order valence-electron chi connectivity index (χ4n) is 1.83. The molecule has 19 heavy (non-hydrogen) atoms. The lowest BCUT2D eigenvalue weighted by Gasteiger charge is -2.06. The number of hydrogen-bond acceptors (Lipinski definition) is 3. The van der Waals surface area contributed by atoms with Crippen LogP contribution in [0.3, 0.4) is 0 Å². The van der Waals surface area contributed by atoms with Gasteiger partial charge < -0.3 is 10.1 Å². The monoisotopic (exact) mass is 263 g/mol. The highest BCUT2D eigenvalue weighted by Gasteiger charge is 2.04. The van der Waals surface area contributed by atoms with Gasteiger partial charge in [0.25, 0.3) is 0 Å². The molecule has 1 aromatic carbocycles. The summed E-state index contributed by atoms with van der Waals surface area (Å²) in [7, 11) is 1.65. The molecular weight excluding hydrogens is 245 g/mol. The molecular formula is C14H18FN3O. The maximum Gasteiger partial charge on any atom is 0.118 e. The number of rotatable bonds is 6. The molecule has 0 atom stereocenters. The highest BCUT2D eigenvalue weighted by atomic mass is 19.1. The van der Waals surface area contributed by atoms with Crippen molar-refractivity contribution in [2.24, 2.45) is 0 Å². The van der Waals surface area contributed by atoms with E-state index in [1.54, 1.807) is 11.8 Å². The Morgan fingerprint density at radius 3 is 2.68 bits per heavy atom. The molecule has 0 aliphatic heterocycles. The van der Waals surface area contributed by atoms with E-state index < -0.39 is 6.67 Å². The van der Waals surface area contributed by atoms with Crippen LogP contribution in [0.5, 0.6) is 5.75 Å². The van der Waals surface area contributed by atoms with Gasteiger partial charge in [-0.05, 0) is 24.6 Å². The fraction of sp³-hybridized carbons (Fsp3) is 0.357. The number of halogens is 1. The van der Waals surface area contributed by atoms with Gasteiger partial charge in [0.1, 0.15) is 12.4 Å². The van der Waals surface area contributed by atoms with Crippen LogP contribution in [0.1, 0.15) is 11.3 Å². The van der Waals surface area contributed by atoms with Gasteiger partial charge in [-0.1, -0.05) is 12.1 Å². The maximum atomic E-state index is 12.2. The average molecular weight is 263 g/mol. The molecule has 2 rings (SSSR count). The second-order valence-electron chi connectivity index (χ2n) is 4.28. The van der Waals surface area contributed by atoms with Gasteiger partial charge in [-0.2, -0.15) is 5.10 Å². The number of aromatic nitrogens is 2. The van der Waals surface area contributed by atoms with Crippen LogP contribution in [0.25, 0.3) is 0 Å². The molecule has 0 radical (unpaired) electrons. The summed E-state index contributed by atoms with van der Waals surface area (Å²) >= 11 is 0. The molecule has 1 aromatic heterocycles. The summed E-state index contributed by atoms with van der Waals surface area (Å²) in [5.41, 5.74) is 2.96. The normalized spacial score (nSPS) is 10.5. The van der Waals surface area contributed by atoms with E-state index in [1.165, 1.54) is 0 Å². The Morgan fingerprint density at radius 2 is 2.05 bits per heavy atom. The first-order valence-electron chi connectivity index (χ1n) is 6.19. The van der Waals surface area contributed by atoms with E-state index in [9.17, 15) is 4.39 Å². The summed E-state index contributed by atoms with van der Waals surface area (Å²) in [6, 6.07) is 7.87. The van der Waals surface area contributed by atoms with Gasteiger partial charge in [0.2, 0.25) is 0 Å². The van der Waals surface area contributed by atoms with Crippen molar-refractivity contribution in [1.82, 2.24) is 9.78 Å². The zero-order valence-electron chi connectivity index (χ0n) is 11.2. The predicted molar refractivity (Wildman–Crippen MR) is 73.3 cm³/mol. The third-order valence-corrected chi connectivity index (χ3v) is 2.90. The second kappa shape index (κ2) is 6.22. The van der Waals surface area contributed by atoms with Crippen LogP contribution < -0.4 is 10.1 Å².